The highest BCUT2D eigenvalue weighted by Crippen LogP contribution is 2.33. The van der Waals surface area contributed by atoms with Crippen LogP contribution in [0.5, 0.6) is 0 Å². The van der Waals surface area contributed by atoms with Crippen LogP contribution < -0.4 is 0 Å². The van der Waals surface area contributed by atoms with Crippen LogP contribution in [-0.4, -0.2) is 29.4 Å². The number of hydrogen-bond acceptors (Lipinski definition) is 1. The molecule has 0 bridgehead atoms. The number of hydrogen-bond donors (Lipinski definition) is 0. The summed E-state index contributed by atoms with van der Waals surface area (Å²) in [6.45, 7) is 12.0. The first-order chi connectivity index (χ1) is 8.56. The maximum Gasteiger partial charge on any atom is 0.01000 e. The highest BCUT2D eigenvalue weighted by molar-refractivity contribution is 9.09. The Bertz CT molecular complexity index is 209. The molecule has 0 amide bonds. The fourth-order valence-electron chi connectivity index (χ4n) is 3.22. The van der Waals surface area contributed by atoms with E-state index in [-0.39, 0.29) is 0 Å². The summed E-state index contributed by atoms with van der Waals surface area (Å²) < 4.78 is 0. The summed E-state index contributed by atoms with van der Waals surface area (Å²) in [7, 11) is 0. The predicted octanol–water partition coefficient (Wildman–Crippen LogP) is 5.09. The SMILES string of the molecule is CCC(CC)(CBr)CN(CC(C)C)C1CCCC1. The molecular formula is C16H32BrN. The van der Waals surface area contributed by atoms with Gasteiger partial charge in [-0.25, -0.2) is 0 Å². The molecule has 0 saturated heterocycles. The van der Waals surface area contributed by atoms with Gasteiger partial charge in [0.15, 0.2) is 0 Å². The summed E-state index contributed by atoms with van der Waals surface area (Å²) in [5.74, 6) is 0.785. The van der Waals surface area contributed by atoms with Gasteiger partial charge in [0.05, 0.1) is 0 Å². The fourth-order valence-corrected chi connectivity index (χ4v) is 4.19. The quantitative estimate of drug-likeness (QED) is 0.564. The smallest absolute Gasteiger partial charge is 0.01000 e. The molecule has 0 aromatic rings. The molecule has 0 spiro atoms. The molecule has 1 fully saturated rings. The van der Waals surface area contributed by atoms with Crippen molar-refractivity contribution in [2.24, 2.45) is 11.3 Å². The van der Waals surface area contributed by atoms with Crippen molar-refractivity contribution in [3.63, 3.8) is 0 Å². The fraction of sp³-hybridized carbons (Fsp3) is 1.00. The summed E-state index contributed by atoms with van der Waals surface area (Å²) in [6.07, 6.45) is 8.32. The molecule has 108 valence electrons. The molecule has 2 heteroatoms. The second kappa shape index (κ2) is 7.89. The lowest BCUT2D eigenvalue weighted by Crippen LogP contribution is -2.44. The molecule has 1 aliphatic rings. The van der Waals surface area contributed by atoms with E-state index in [9.17, 15) is 0 Å². The van der Waals surface area contributed by atoms with Crippen molar-refractivity contribution >= 4 is 15.9 Å². The maximum absolute atomic E-state index is 3.77. The molecule has 1 rings (SSSR count). The topological polar surface area (TPSA) is 3.24 Å². The Kier molecular flexibility index (Phi) is 7.23. The largest absolute Gasteiger partial charge is 0.300 e. The molecule has 0 radical (unpaired) electrons. The van der Waals surface area contributed by atoms with E-state index in [2.05, 4.69) is 48.5 Å². The first-order valence-corrected chi connectivity index (χ1v) is 8.99. The van der Waals surface area contributed by atoms with Gasteiger partial charge in [-0.3, -0.25) is 4.90 Å². The van der Waals surface area contributed by atoms with Crippen LogP contribution in [0.1, 0.15) is 66.2 Å². The van der Waals surface area contributed by atoms with Crippen molar-refractivity contribution in [1.82, 2.24) is 4.90 Å². The summed E-state index contributed by atoms with van der Waals surface area (Å²) in [5.41, 5.74) is 0.484. The zero-order valence-electron chi connectivity index (χ0n) is 12.8. The average molecular weight is 318 g/mol. The van der Waals surface area contributed by atoms with E-state index in [1.165, 1.54) is 51.6 Å². The van der Waals surface area contributed by atoms with Crippen LogP contribution in [0.2, 0.25) is 0 Å². The van der Waals surface area contributed by atoms with Gasteiger partial charge < -0.3 is 0 Å². The Morgan fingerprint density at radius 1 is 1.17 bits per heavy atom. The molecule has 0 aromatic carbocycles. The minimum Gasteiger partial charge on any atom is -0.300 e. The van der Waals surface area contributed by atoms with Crippen LogP contribution in [0, 0.1) is 11.3 Å². The van der Waals surface area contributed by atoms with E-state index in [0.29, 0.717) is 5.41 Å². The van der Waals surface area contributed by atoms with Crippen molar-refractivity contribution in [1.29, 1.82) is 0 Å². The van der Waals surface area contributed by atoms with Gasteiger partial charge in [-0.05, 0) is 37.0 Å². The van der Waals surface area contributed by atoms with Crippen LogP contribution in [0.3, 0.4) is 0 Å². The van der Waals surface area contributed by atoms with E-state index >= 15 is 0 Å². The van der Waals surface area contributed by atoms with Gasteiger partial charge in [0, 0.05) is 24.5 Å². The van der Waals surface area contributed by atoms with Crippen LogP contribution in [0.15, 0.2) is 0 Å². The van der Waals surface area contributed by atoms with Gasteiger partial charge in [-0.1, -0.05) is 56.5 Å². The lowest BCUT2D eigenvalue weighted by atomic mass is 9.83. The highest BCUT2D eigenvalue weighted by Gasteiger charge is 2.32. The van der Waals surface area contributed by atoms with Gasteiger partial charge in [-0.2, -0.15) is 0 Å². The zero-order valence-corrected chi connectivity index (χ0v) is 14.4. The third kappa shape index (κ3) is 4.52. The van der Waals surface area contributed by atoms with E-state index in [0.717, 1.165) is 17.3 Å². The van der Waals surface area contributed by atoms with Gasteiger partial charge in [0.1, 0.15) is 0 Å². The number of rotatable bonds is 8. The van der Waals surface area contributed by atoms with Crippen molar-refractivity contribution in [3.8, 4) is 0 Å². The van der Waals surface area contributed by atoms with Crippen molar-refractivity contribution in [2.45, 2.75) is 72.3 Å². The van der Waals surface area contributed by atoms with E-state index in [1.54, 1.807) is 0 Å². The first-order valence-electron chi connectivity index (χ1n) is 7.87. The molecule has 0 unspecified atom stereocenters. The van der Waals surface area contributed by atoms with E-state index in [1.807, 2.05) is 0 Å². The Hall–Kier alpha value is 0.440. The second-order valence-corrected chi connectivity index (χ2v) is 7.16. The van der Waals surface area contributed by atoms with Crippen molar-refractivity contribution < 1.29 is 0 Å². The summed E-state index contributed by atoms with van der Waals surface area (Å²) in [4.78, 5) is 2.81. The van der Waals surface area contributed by atoms with Gasteiger partial charge >= 0.3 is 0 Å². The van der Waals surface area contributed by atoms with Crippen molar-refractivity contribution in [2.75, 3.05) is 18.4 Å². The zero-order chi connectivity index (χ0) is 13.6. The molecule has 1 aliphatic carbocycles. The molecule has 0 N–H and O–H groups in total. The second-order valence-electron chi connectivity index (χ2n) is 6.60. The minimum atomic E-state index is 0.484. The number of nitrogens with zero attached hydrogens (tertiary/aromatic N) is 1. The average Bonchev–Trinajstić information content (AvgIpc) is 2.88. The predicted molar refractivity (Wildman–Crippen MR) is 85.5 cm³/mol. The molecule has 1 nitrogen and oxygen atoms in total. The van der Waals surface area contributed by atoms with Gasteiger partial charge in [0.2, 0.25) is 0 Å². The Labute approximate surface area is 123 Å². The molecule has 0 atom stereocenters. The van der Waals surface area contributed by atoms with Gasteiger partial charge in [-0.15, -0.1) is 0 Å². The lowest BCUT2D eigenvalue weighted by Gasteiger charge is -2.40. The third-order valence-corrected chi connectivity index (χ3v) is 5.95. The summed E-state index contributed by atoms with van der Waals surface area (Å²) >= 11 is 3.77. The Morgan fingerprint density at radius 3 is 2.11 bits per heavy atom. The minimum absolute atomic E-state index is 0.484. The van der Waals surface area contributed by atoms with E-state index in [4.69, 9.17) is 0 Å². The molecule has 1 saturated carbocycles. The van der Waals surface area contributed by atoms with E-state index < -0.39 is 0 Å². The van der Waals surface area contributed by atoms with Gasteiger partial charge in [0.25, 0.3) is 0 Å². The monoisotopic (exact) mass is 317 g/mol. The number of halogens is 1. The van der Waals surface area contributed by atoms with Crippen LogP contribution in [0.4, 0.5) is 0 Å². The Balaban J connectivity index is 2.69. The molecule has 18 heavy (non-hydrogen) atoms. The summed E-state index contributed by atoms with van der Waals surface area (Å²) in [6, 6.07) is 0.865. The lowest BCUT2D eigenvalue weighted by molar-refractivity contribution is 0.104. The summed E-state index contributed by atoms with van der Waals surface area (Å²) in [5, 5.41) is 1.15. The van der Waals surface area contributed by atoms with Crippen LogP contribution in [0.25, 0.3) is 0 Å². The van der Waals surface area contributed by atoms with Crippen LogP contribution >= 0.6 is 15.9 Å². The molecule has 0 aliphatic heterocycles. The molecular weight excluding hydrogens is 286 g/mol. The highest BCUT2D eigenvalue weighted by atomic mass is 79.9. The molecule has 0 heterocycles. The third-order valence-electron chi connectivity index (χ3n) is 4.76. The first kappa shape index (κ1) is 16.5. The Morgan fingerprint density at radius 2 is 1.72 bits per heavy atom. The molecule has 0 aromatic heterocycles. The van der Waals surface area contributed by atoms with Crippen LogP contribution in [-0.2, 0) is 0 Å². The maximum atomic E-state index is 3.77. The normalized spacial score (nSPS) is 18.2. The number of alkyl halides is 1. The standard InChI is InChI=1S/C16H32BrN/c1-5-16(6-2,12-17)13-18(11-14(3)4)15-9-7-8-10-15/h14-15H,5-13H2,1-4H3. The van der Waals surface area contributed by atoms with Crippen molar-refractivity contribution in [3.05, 3.63) is 0 Å².